The summed E-state index contributed by atoms with van der Waals surface area (Å²) < 4.78 is 0. The Balaban J connectivity index is 2.19. The molecule has 0 radical (unpaired) electrons. The highest BCUT2D eigenvalue weighted by Crippen LogP contribution is 2.44. The molecule has 2 aliphatic rings. The van der Waals surface area contributed by atoms with Crippen LogP contribution in [0.5, 0.6) is 0 Å². The number of hydrogen-bond donors (Lipinski definition) is 0. The van der Waals surface area contributed by atoms with Gasteiger partial charge >= 0.3 is 0 Å². The Morgan fingerprint density at radius 1 is 1.39 bits per heavy atom. The summed E-state index contributed by atoms with van der Waals surface area (Å²) in [6, 6.07) is 0.422. The molecule has 2 atom stereocenters. The molecule has 0 N–H and O–H groups in total. The van der Waals surface area contributed by atoms with Crippen molar-refractivity contribution in [2.45, 2.75) is 70.9 Å². The van der Waals surface area contributed by atoms with E-state index >= 15 is 0 Å². The fraction of sp³-hybridized carbons (Fsp3) is 0.867. The molecule has 3 heteroatoms. The molecule has 1 saturated heterocycles. The van der Waals surface area contributed by atoms with E-state index in [0.29, 0.717) is 18.2 Å². The van der Waals surface area contributed by atoms with Crippen molar-refractivity contribution in [2.75, 3.05) is 6.54 Å². The summed E-state index contributed by atoms with van der Waals surface area (Å²) in [5.74, 6) is 0.491. The summed E-state index contributed by atoms with van der Waals surface area (Å²) >= 11 is 0. The van der Waals surface area contributed by atoms with Crippen LogP contribution in [-0.4, -0.2) is 34.6 Å². The maximum Gasteiger partial charge on any atom is 0.156 e. The smallest absolute Gasteiger partial charge is 0.156 e. The quantitative estimate of drug-likeness (QED) is 0.773. The maximum absolute atomic E-state index is 12.7. The standard InChI is InChI=1S/C15H25NO2/c1-11(2)16-9-5-4-7-15(16)8-6-13(14(15)18)10-12(3)17/h11,13H,4-10H2,1-3H3. The molecule has 1 saturated carbocycles. The van der Waals surface area contributed by atoms with Crippen molar-refractivity contribution in [1.29, 1.82) is 0 Å². The van der Waals surface area contributed by atoms with Gasteiger partial charge in [-0.05, 0) is 59.4 Å². The molecule has 0 aromatic rings. The van der Waals surface area contributed by atoms with Crippen LogP contribution in [0.1, 0.15) is 59.3 Å². The highest BCUT2D eigenvalue weighted by atomic mass is 16.1. The van der Waals surface area contributed by atoms with E-state index in [1.165, 1.54) is 6.42 Å². The van der Waals surface area contributed by atoms with Crippen LogP contribution >= 0.6 is 0 Å². The van der Waals surface area contributed by atoms with Crippen molar-refractivity contribution in [2.24, 2.45) is 5.92 Å². The minimum atomic E-state index is -0.230. The van der Waals surface area contributed by atoms with Crippen LogP contribution in [0.15, 0.2) is 0 Å². The van der Waals surface area contributed by atoms with E-state index in [0.717, 1.165) is 32.2 Å². The predicted octanol–water partition coefficient (Wildman–Crippen LogP) is 2.58. The lowest BCUT2D eigenvalue weighted by molar-refractivity contribution is -0.136. The lowest BCUT2D eigenvalue weighted by atomic mass is 9.81. The molecular formula is C15H25NO2. The number of carbonyl (C=O) groups is 2. The molecular weight excluding hydrogens is 226 g/mol. The second-order valence-corrected chi connectivity index (χ2v) is 6.28. The van der Waals surface area contributed by atoms with Crippen LogP contribution in [0.3, 0.4) is 0 Å². The number of Topliss-reactive ketones (excluding diaryl/α,β-unsaturated/α-hetero) is 2. The second-order valence-electron chi connectivity index (χ2n) is 6.28. The van der Waals surface area contributed by atoms with Gasteiger partial charge in [-0.2, -0.15) is 0 Å². The molecule has 0 aromatic carbocycles. The average molecular weight is 251 g/mol. The van der Waals surface area contributed by atoms with Gasteiger partial charge in [0.2, 0.25) is 0 Å². The Kier molecular flexibility index (Phi) is 3.90. The SMILES string of the molecule is CC(=O)CC1CCC2(CCCCN2C(C)C)C1=O. The lowest BCUT2D eigenvalue weighted by Crippen LogP contribution is -2.58. The summed E-state index contributed by atoms with van der Waals surface area (Å²) in [7, 11) is 0. The van der Waals surface area contributed by atoms with E-state index in [4.69, 9.17) is 0 Å². The molecule has 3 nitrogen and oxygen atoms in total. The topological polar surface area (TPSA) is 37.4 Å². The van der Waals surface area contributed by atoms with Gasteiger partial charge in [0, 0.05) is 18.4 Å². The van der Waals surface area contributed by atoms with Gasteiger partial charge in [-0.1, -0.05) is 0 Å². The zero-order valence-corrected chi connectivity index (χ0v) is 11.9. The lowest BCUT2D eigenvalue weighted by Gasteiger charge is -2.46. The number of piperidine rings is 1. The molecule has 1 spiro atoms. The van der Waals surface area contributed by atoms with Crippen LogP contribution in [-0.2, 0) is 9.59 Å². The van der Waals surface area contributed by atoms with Crippen molar-refractivity contribution >= 4 is 11.6 Å². The Morgan fingerprint density at radius 3 is 2.72 bits per heavy atom. The number of hydrogen-bond acceptors (Lipinski definition) is 3. The Bertz CT molecular complexity index is 350. The molecule has 1 heterocycles. The Morgan fingerprint density at radius 2 is 2.11 bits per heavy atom. The average Bonchev–Trinajstić information content (AvgIpc) is 2.59. The monoisotopic (exact) mass is 251 g/mol. The van der Waals surface area contributed by atoms with Crippen LogP contribution in [0.25, 0.3) is 0 Å². The molecule has 1 aliphatic heterocycles. The summed E-state index contributed by atoms with van der Waals surface area (Å²) in [6.45, 7) is 6.99. The van der Waals surface area contributed by atoms with E-state index in [2.05, 4.69) is 18.7 Å². The molecule has 102 valence electrons. The van der Waals surface area contributed by atoms with Crippen LogP contribution < -0.4 is 0 Å². The fourth-order valence-electron chi connectivity index (χ4n) is 3.93. The van der Waals surface area contributed by atoms with Crippen LogP contribution in [0.4, 0.5) is 0 Å². The van der Waals surface area contributed by atoms with Crippen molar-refractivity contribution in [3.8, 4) is 0 Å². The largest absolute Gasteiger partial charge is 0.300 e. The maximum atomic E-state index is 12.7. The highest BCUT2D eigenvalue weighted by Gasteiger charge is 2.52. The first-order chi connectivity index (χ1) is 8.47. The van der Waals surface area contributed by atoms with Gasteiger partial charge in [0.1, 0.15) is 5.78 Å². The molecule has 2 rings (SSSR count). The zero-order chi connectivity index (χ0) is 13.3. The molecule has 2 fully saturated rings. The first-order valence-corrected chi connectivity index (χ1v) is 7.28. The summed E-state index contributed by atoms with van der Waals surface area (Å²) in [5, 5.41) is 0. The summed E-state index contributed by atoms with van der Waals surface area (Å²) in [5.41, 5.74) is -0.230. The normalized spacial score (nSPS) is 33.6. The van der Waals surface area contributed by atoms with E-state index in [1.54, 1.807) is 6.92 Å². The second kappa shape index (κ2) is 5.12. The minimum absolute atomic E-state index is 0.0122. The highest BCUT2D eigenvalue weighted by molar-refractivity contribution is 5.95. The fourth-order valence-corrected chi connectivity index (χ4v) is 3.93. The van der Waals surface area contributed by atoms with Crippen molar-refractivity contribution in [1.82, 2.24) is 4.90 Å². The number of likely N-dealkylation sites (tertiary alicyclic amines) is 1. The van der Waals surface area contributed by atoms with Crippen molar-refractivity contribution in [3.05, 3.63) is 0 Å². The molecule has 18 heavy (non-hydrogen) atoms. The number of rotatable bonds is 3. The Hall–Kier alpha value is -0.700. The van der Waals surface area contributed by atoms with Gasteiger partial charge in [-0.25, -0.2) is 0 Å². The molecule has 2 unspecified atom stereocenters. The molecule has 1 aliphatic carbocycles. The number of ketones is 2. The van der Waals surface area contributed by atoms with Gasteiger partial charge in [0.15, 0.2) is 5.78 Å². The minimum Gasteiger partial charge on any atom is -0.300 e. The van der Waals surface area contributed by atoms with E-state index in [9.17, 15) is 9.59 Å². The zero-order valence-electron chi connectivity index (χ0n) is 11.9. The predicted molar refractivity (Wildman–Crippen MR) is 71.5 cm³/mol. The van der Waals surface area contributed by atoms with Crippen LogP contribution in [0.2, 0.25) is 0 Å². The first kappa shape index (κ1) is 13.7. The molecule has 0 aromatic heterocycles. The van der Waals surface area contributed by atoms with Gasteiger partial charge < -0.3 is 4.79 Å². The van der Waals surface area contributed by atoms with E-state index in [1.807, 2.05) is 0 Å². The third-order valence-corrected chi connectivity index (χ3v) is 4.68. The molecule has 0 bridgehead atoms. The van der Waals surface area contributed by atoms with Gasteiger partial charge in [0.25, 0.3) is 0 Å². The Labute approximate surface area is 110 Å². The molecule has 0 amide bonds. The van der Waals surface area contributed by atoms with Crippen LogP contribution in [0, 0.1) is 5.92 Å². The van der Waals surface area contributed by atoms with E-state index < -0.39 is 0 Å². The third-order valence-electron chi connectivity index (χ3n) is 4.68. The van der Waals surface area contributed by atoms with Gasteiger partial charge in [-0.15, -0.1) is 0 Å². The third kappa shape index (κ3) is 2.25. The number of nitrogens with zero attached hydrogens (tertiary/aromatic N) is 1. The van der Waals surface area contributed by atoms with Gasteiger partial charge in [0.05, 0.1) is 5.54 Å². The van der Waals surface area contributed by atoms with E-state index in [-0.39, 0.29) is 17.2 Å². The van der Waals surface area contributed by atoms with Crippen molar-refractivity contribution < 1.29 is 9.59 Å². The summed E-state index contributed by atoms with van der Waals surface area (Å²) in [6.07, 6.45) is 5.67. The van der Waals surface area contributed by atoms with Gasteiger partial charge in [-0.3, -0.25) is 9.69 Å². The first-order valence-electron chi connectivity index (χ1n) is 7.28. The summed E-state index contributed by atoms with van der Waals surface area (Å²) in [4.78, 5) is 26.4. The number of carbonyl (C=O) groups excluding carboxylic acids is 2. The van der Waals surface area contributed by atoms with Crippen molar-refractivity contribution in [3.63, 3.8) is 0 Å².